The summed E-state index contributed by atoms with van der Waals surface area (Å²) in [5.74, 6) is 0. The van der Waals surface area contributed by atoms with Gasteiger partial charge < -0.3 is 0 Å². The molecule has 0 saturated heterocycles. The van der Waals surface area contributed by atoms with E-state index in [0.717, 1.165) is 0 Å². The van der Waals surface area contributed by atoms with Crippen molar-refractivity contribution in [2.24, 2.45) is 0 Å². The Hall–Kier alpha value is 0.200. The van der Waals surface area contributed by atoms with E-state index in [2.05, 4.69) is 9.05 Å². The second-order valence-electron chi connectivity index (χ2n) is 4.12. The van der Waals surface area contributed by atoms with Gasteiger partial charge in [0.25, 0.3) is 0 Å². The van der Waals surface area contributed by atoms with E-state index in [-0.39, 0.29) is 6.42 Å². The van der Waals surface area contributed by atoms with Gasteiger partial charge >= 0.3 is 115 Å². The minimum absolute atomic E-state index is 0.346. The molecule has 0 aromatic carbocycles. The molecule has 0 aromatic rings. The van der Waals surface area contributed by atoms with Crippen molar-refractivity contribution in [3.8, 4) is 0 Å². The topological polar surface area (TPSA) is 99.4 Å². The fraction of sp³-hybridized carbons (Fsp3) is 1.00. The van der Waals surface area contributed by atoms with Gasteiger partial charge in [-0.15, -0.1) is 0 Å². The van der Waals surface area contributed by atoms with E-state index in [1.807, 2.05) is 0 Å². The molecule has 6 nitrogen and oxygen atoms in total. The Morgan fingerprint density at radius 2 is 0.952 bits per heavy atom. The molecule has 0 spiro atoms. The van der Waals surface area contributed by atoms with Gasteiger partial charge in [0.05, 0.1) is 0 Å². The zero-order valence-electron chi connectivity index (χ0n) is 10.4. The zero-order valence-corrected chi connectivity index (χ0v) is 12.4. The molecule has 0 aliphatic carbocycles. The molecule has 0 rings (SSSR count). The molecule has 0 saturated carbocycles. The summed E-state index contributed by atoms with van der Waals surface area (Å²) >= 11 is 0. The maximum atomic E-state index is 11.9. The van der Waals surface area contributed by atoms with Crippen LogP contribution in [-0.2, 0) is 9.05 Å². The number of rotatable bonds is 8. The average molecular weight is 372 g/mol. The predicted molar refractivity (Wildman–Crippen MR) is 63.9 cm³/mol. The Bertz CT molecular complexity index is 290. The van der Waals surface area contributed by atoms with Crippen LogP contribution in [0.4, 0.5) is 26.3 Å². The van der Waals surface area contributed by atoms with Crippen molar-refractivity contribution in [2.45, 2.75) is 18.8 Å². The summed E-state index contributed by atoms with van der Waals surface area (Å²) in [5.41, 5.74) is 0. The first kappa shape index (κ1) is 21.2. The minimum atomic E-state index is -4.95. The number of hydrogen-bond donors (Lipinski definition) is 4. The van der Waals surface area contributed by atoms with Crippen molar-refractivity contribution in [2.75, 3.05) is 25.5 Å². The first-order chi connectivity index (χ1) is 9.12. The van der Waals surface area contributed by atoms with Crippen LogP contribution in [0.15, 0.2) is 0 Å². The van der Waals surface area contributed by atoms with Crippen molar-refractivity contribution >= 4 is 15.9 Å². The Labute approximate surface area is 116 Å². The van der Waals surface area contributed by atoms with Gasteiger partial charge in [-0.25, -0.2) is 0 Å². The van der Waals surface area contributed by atoms with Crippen LogP contribution in [0, 0.1) is 0 Å². The molecule has 0 unspecified atom stereocenters. The molecular formula is C7H16F6O6P2. The molecule has 0 heterocycles. The van der Waals surface area contributed by atoms with Gasteiger partial charge in [0.2, 0.25) is 0 Å². The van der Waals surface area contributed by atoms with Crippen molar-refractivity contribution in [3.63, 3.8) is 0 Å². The van der Waals surface area contributed by atoms with Gasteiger partial charge in [-0.3, -0.25) is 0 Å². The molecular weight excluding hydrogens is 356 g/mol. The van der Waals surface area contributed by atoms with Crippen LogP contribution >= 0.6 is 15.9 Å². The zero-order chi connectivity index (χ0) is 16.9. The van der Waals surface area contributed by atoms with E-state index < -0.39 is 53.8 Å². The fourth-order valence-electron chi connectivity index (χ4n) is 1.15. The van der Waals surface area contributed by atoms with Gasteiger partial charge in [0, 0.05) is 0 Å². The molecule has 0 aromatic heterocycles. The second-order valence-corrected chi connectivity index (χ2v) is 8.38. The average Bonchev–Trinajstić information content (AvgIpc) is 2.07. The number of hydrogen-bond acceptors (Lipinski definition) is 6. The molecule has 0 aliphatic heterocycles. The van der Waals surface area contributed by atoms with Crippen molar-refractivity contribution in [1.82, 2.24) is 0 Å². The van der Waals surface area contributed by atoms with Gasteiger partial charge in [0.1, 0.15) is 0 Å². The van der Waals surface area contributed by atoms with Gasteiger partial charge in [-0.2, -0.15) is 0 Å². The number of halogens is 6. The van der Waals surface area contributed by atoms with Gasteiger partial charge in [-0.1, -0.05) is 0 Å². The van der Waals surface area contributed by atoms with E-state index in [9.17, 15) is 26.3 Å². The molecule has 132 valence electrons. The Morgan fingerprint density at radius 3 is 1.19 bits per heavy atom. The normalized spacial score (nSPS) is 16.1. The Kier molecular flexibility index (Phi) is 7.72. The third-order valence-corrected chi connectivity index (χ3v) is 4.87. The van der Waals surface area contributed by atoms with Crippen LogP contribution in [-0.4, -0.2) is 57.5 Å². The molecule has 0 atom stereocenters. The quantitative estimate of drug-likeness (QED) is 0.293. The summed E-state index contributed by atoms with van der Waals surface area (Å²) in [6.45, 7) is -1.29. The molecule has 0 bridgehead atoms. The summed E-state index contributed by atoms with van der Waals surface area (Å²) in [7, 11) is -9.89. The molecule has 4 N–H and O–H groups in total. The van der Waals surface area contributed by atoms with Crippen LogP contribution in [0.1, 0.15) is 6.42 Å². The summed E-state index contributed by atoms with van der Waals surface area (Å²) in [5, 5.41) is 0. The molecule has 0 fully saturated rings. The van der Waals surface area contributed by atoms with E-state index >= 15 is 0 Å². The summed E-state index contributed by atoms with van der Waals surface area (Å²) in [4.78, 5) is 35.7. The van der Waals surface area contributed by atoms with Gasteiger partial charge in [0.15, 0.2) is 0 Å². The van der Waals surface area contributed by atoms with Crippen molar-refractivity contribution in [1.29, 1.82) is 0 Å². The molecule has 0 radical (unpaired) electrons. The van der Waals surface area contributed by atoms with E-state index in [0.29, 0.717) is 0 Å². The van der Waals surface area contributed by atoms with Crippen LogP contribution in [0.5, 0.6) is 0 Å². The van der Waals surface area contributed by atoms with Crippen molar-refractivity contribution < 1.29 is 55.0 Å². The Balaban J connectivity index is 3.96. The van der Waals surface area contributed by atoms with Crippen LogP contribution in [0.25, 0.3) is 0 Å². The second kappa shape index (κ2) is 7.65. The first-order valence-corrected chi connectivity index (χ1v) is 9.45. The monoisotopic (exact) mass is 372 g/mol. The van der Waals surface area contributed by atoms with Gasteiger partial charge in [-0.05, 0) is 0 Å². The molecule has 14 heteroatoms. The predicted octanol–water partition coefficient (Wildman–Crippen LogP) is 1.49. The third-order valence-electron chi connectivity index (χ3n) is 1.82. The Morgan fingerprint density at radius 1 is 0.667 bits per heavy atom. The molecule has 21 heavy (non-hydrogen) atoms. The number of alkyl halides is 6. The first-order valence-electron chi connectivity index (χ1n) is 5.43. The maximum absolute atomic E-state index is 11.9. The summed E-state index contributed by atoms with van der Waals surface area (Å²) in [6, 6.07) is 0. The molecule has 0 aliphatic rings. The van der Waals surface area contributed by atoms with Crippen LogP contribution in [0.3, 0.4) is 0 Å². The summed E-state index contributed by atoms with van der Waals surface area (Å²) < 4.78 is 79.7. The standard InChI is InChI=1S/C7H16F6O6P2/c8-6(9,10)4-20(14,15)18-2-1-3-19-21(16,17)5-7(11,12)13/h14-17,20-21H,1-5H2. The van der Waals surface area contributed by atoms with Crippen molar-refractivity contribution in [3.05, 3.63) is 0 Å². The van der Waals surface area contributed by atoms with Crippen LogP contribution < -0.4 is 0 Å². The fourth-order valence-corrected chi connectivity index (χ4v) is 3.35. The van der Waals surface area contributed by atoms with E-state index in [4.69, 9.17) is 19.6 Å². The van der Waals surface area contributed by atoms with Crippen LogP contribution in [0.2, 0.25) is 0 Å². The molecule has 0 amide bonds. The van der Waals surface area contributed by atoms with E-state index in [1.54, 1.807) is 0 Å². The SMILES string of the molecule is O[PH](O)(CC(F)(F)F)OCCCO[PH](O)(O)CC(F)(F)F. The van der Waals surface area contributed by atoms with E-state index in [1.165, 1.54) is 0 Å². The third kappa shape index (κ3) is 13.6. The summed E-state index contributed by atoms with van der Waals surface area (Å²) in [6.07, 6.45) is -13.9.